The summed E-state index contributed by atoms with van der Waals surface area (Å²) in [6.07, 6.45) is 1.29. The second-order valence-corrected chi connectivity index (χ2v) is 7.16. The van der Waals surface area contributed by atoms with E-state index >= 15 is 0 Å². The summed E-state index contributed by atoms with van der Waals surface area (Å²) in [5, 5.41) is 0. The lowest BCUT2D eigenvalue weighted by Crippen LogP contribution is -2.41. The summed E-state index contributed by atoms with van der Waals surface area (Å²) in [7, 11) is -3.68. The van der Waals surface area contributed by atoms with Gasteiger partial charge < -0.3 is 10.5 Å². The molecule has 0 radical (unpaired) electrons. The standard InChI is InChI=1S/C14H21FN2O3S/c1-9-5-13(7-11(8-16)14(9)15)21(18,19)17-12-3-4-20-10(2)6-12/h5,7,10,12,17H,3-4,6,8,16H2,1-2H3. The molecule has 0 aliphatic carbocycles. The number of rotatable bonds is 4. The number of nitrogens with two attached hydrogens (primary N) is 1. The van der Waals surface area contributed by atoms with E-state index in [2.05, 4.69) is 4.72 Å². The van der Waals surface area contributed by atoms with Gasteiger partial charge in [0.25, 0.3) is 0 Å². The molecule has 0 bridgehead atoms. The first-order valence-corrected chi connectivity index (χ1v) is 8.45. The van der Waals surface area contributed by atoms with Crippen molar-refractivity contribution in [2.24, 2.45) is 5.73 Å². The van der Waals surface area contributed by atoms with E-state index in [4.69, 9.17) is 10.5 Å². The summed E-state index contributed by atoms with van der Waals surface area (Å²) in [5.41, 5.74) is 5.94. The smallest absolute Gasteiger partial charge is 0.240 e. The molecule has 0 spiro atoms. The summed E-state index contributed by atoms with van der Waals surface area (Å²) in [5.74, 6) is -0.448. The van der Waals surface area contributed by atoms with Crippen LogP contribution in [-0.4, -0.2) is 27.2 Å². The Kier molecular flexibility index (Phi) is 4.98. The van der Waals surface area contributed by atoms with Crippen LogP contribution in [0.3, 0.4) is 0 Å². The van der Waals surface area contributed by atoms with Crippen molar-refractivity contribution in [3.8, 4) is 0 Å². The molecule has 2 rings (SSSR count). The topological polar surface area (TPSA) is 81.4 Å². The fraction of sp³-hybridized carbons (Fsp3) is 0.571. The molecule has 5 nitrogen and oxygen atoms in total. The second-order valence-electron chi connectivity index (χ2n) is 5.44. The second kappa shape index (κ2) is 6.39. The molecule has 0 aromatic heterocycles. The van der Waals surface area contributed by atoms with Gasteiger partial charge in [0, 0.05) is 24.8 Å². The molecule has 7 heteroatoms. The van der Waals surface area contributed by atoms with Crippen molar-refractivity contribution in [1.82, 2.24) is 4.72 Å². The number of hydrogen-bond donors (Lipinski definition) is 2. The molecule has 1 aromatic carbocycles. The highest BCUT2D eigenvalue weighted by molar-refractivity contribution is 7.89. The number of hydrogen-bond acceptors (Lipinski definition) is 4. The third-order valence-corrected chi connectivity index (χ3v) is 5.14. The van der Waals surface area contributed by atoms with Gasteiger partial charge in [0.15, 0.2) is 0 Å². The molecular formula is C14H21FN2O3S. The first kappa shape index (κ1) is 16.4. The molecule has 1 heterocycles. The lowest BCUT2D eigenvalue weighted by atomic mass is 10.1. The van der Waals surface area contributed by atoms with Crippen LogP contribution in [0.5, 0.6) is 0 Å². The minimum absolute atomic E-state index is 0.0287. The molecule has 1 fully saturated rings. The van der Waals surface area contributed by atoms with Gasteiger partial charge in [0.05, 0.1) is 11.0 Å². The van der Waals surface area contributed by atoms with E-state index in [1.807, 2.05) is 6.92 Å². The van der Waals surface area contributed by atoms with E-state index in [0.29, 0.717) is 19.4 Å². The molecule has 1 saturated heterocycles. The largest absolute Gasteiger partial charge is 0.378 e. The SMILES string of the molecule is Cc1cc(S(=O)(=O)NC2CCOC(C)C2)cc(CN)c1F. The molecule has 3 N–H and O–H groups in total. The van der Waals surface area contributed by atoms with E-state index < -0.39 is 15.8 Å². The maximum atomic E-state index is 13.8. The van der Waals surface area contributed by atoms with Gasteiger partial charge in [-0.3, -0.25) is 0 Å². The molecule has 21 heavy (non-hydrogen) atoms. The van der Waals surface area contributed by atoms with Crippen molar-refractivity contribution < 1.29 is 17.5 Å². The van der Waals surface area contributed by atoms with Crippen LogP contribution in [0.2, 0.25) is 0 Å². The fourth-order valence-corrected chi connectivity index (χ4v) is 3.92. The third kappa shape index (κ3) is 3.79. The molecule has 0 saturated carbocycles. The predicted octanol–water partition coefficient (Wildman–Crippen LogP) is 1.44. The van der Waals surface area contributed by atoms with Crippen LogP contribution in [0, 0.1) is 12.7 Å². The highest BCUT2D eigenvalue weighted by Gasteiger charge is 2.26. The molecule has 2 atom stereocenters. The van der Waals surface area contributed by atoms with Crippen molar-refractivity contribution in [2.75, 3.05) is 6.61 Å². The Hall–Kier alpha value is -1.02. The zero-order valence-corrected chi connectivity index (χ0v) is 13.0. The Labute approximate surface area is 124 Å². The minimum atomic E-state index is -3.68. The van der Waals surface area contributed by atoms with Crippen molar-refractivity contribution >= 4 is 10.0 Å². The lowest BCUT2D eigenvalue weighted by Gasteiger charge is -2.27. The van der Waals surface area contributed by atoms with Crippen molar-refractivity contribution in [3.63, 3.8) is 0 Å². The first-order valence-electron chi connectivity index (χ1n) is 6.96. The van der Waals surface area contributed by atoms with Crippen LogP contribution in [0.1, 0.15) is 30.9 Å². The summed E-state index contributed by atoms with van der Waals surface area (Å²) < 4.78 is 46.7. The van der Waals surface area contributed by atoms with Crippen LogP contribution in [0.15, 0.2) is 17.0 Å². The van der Waals surface area contributed by atoms with Gasteiger partial charge in [-0.1, -0.05) is 0 Å². The van der Waals surface area contributed by atoms with Crippen LogP contribution in [-0.2, 0) is 21.3 Å². The number of ether oxygens (including phenoxy) is 1. The Morgan fingerprint density at radius 1 is 1.48 bits per heavy atom. The molecular weight excluding hydrogens is 295 g/mol. The van der Waals surface area contributed by atoms with Gasteiger partial charge in [0.1, 0.15) is 5.82 Å². The van der Waals surface area contributed by atoms with Gasteiger partial charge in [0.2, 0.25) is 10.0 Å². The van der Waals surface area contributed by atoms with E-state index in [0.717, 1.165) is 0 Å². The maximum Gasteiger partial charge on any atom is 0.240 e. The van der Waals surface area contributed by atoms with Crippen LogP contribution >= 0.6 is 0 Å². The molecule has 1 aromatic rings. The van der Waals surface area contributed by atoms with E-state index in [1.54, 1.807) is 0 Å². The van der Waals surface area contributed by atoms with Gasteiger partial charge in [-0.15, -0.1) is 0 Å². The quantitative estimate of drug-likeness (QED) is 0.880. The van der Waals surface area contributed by atoms with Crippen molar-refractivity contribution in [1.29, 1.82) is 0 Å². The highest BCUT2D eigenvalue weighted by Crippen LogP contribution is 2.21. The highest BCUT2D eigenvalue weighted by atomic mass is 32.2. The van der Waals surface area contributed by atoms with Gasteiger partial charge in [-0.05, 0) is 44.4 Å². The Bertz CT molecular complexity index is 619. The average molecular weight is 316 g/mol. The van der Waals surface area contributed by atoms with Crippen molar-refractivity contribution in [2.45, 2.75) is 50.3 Å². The number of aryl methyl sites for hydroxylation is 1. The fourth-order valence-electron chi connectivity index (χ4n) is 2.50. The van der Waals surface area contributed by atoms with E-state index in [1.165, 1.54) is 19.1 Å². The molecule has 1 aliphatic rings. The summed E-state index contributed by atoms with van der Waals surface area (Å²) in [6.45, 7) is 3.94. The molecule has 2 unspecified atom stereocenters. The van der Waals surface area contributed by atoms with Crippen molar-refractivity contribution in [3.05, 3.63) is 29.1 Å². The van der Waals surface area contributed by atoms with Gasteiger partial charge >= 0.3 is 0 Å². The minimum Gasteiger partial charge on any atom is -0.378 e. The van der Waals surface area contributed by atoms with Crippen LogP contribution < -0.4 is 10.5 Å². The lowest BCUT2D eigenvalue weighted by molar-refractivity contribution is 0.0173. The zero-order chi connectivity index (χ0) is 15.6. The number of halogens is 1. The monoisotopic (exact) mass is 316 g/mol. The third-order valence-electron chi connectivity index (χ3n) is 3.64. The number of sulfonamides is 1. The summed E-state index contributed by atoms with van der Waals surface area (Å²) in [4.78, 5) is 0.0565. The molecule has 118 valence electrons. The average Bonchev–Trinajstić information content (AvgIpc) is 2.41. The number of nitrogens with one attached hydrogen (secondary N) is 1. The predicted molar refractivity (Wildman–Crippen MR) is 77.8 cm³/mol. The maximum absolute atomic E-state index is 13.8. The van der Waals surface area contributed by atoms with Crippen LogP contribution in [0.4, 0.5) is 4.39 Å². The molecule has 1 aliphatic heterocycles. The van der Waals surface area contributed by atoms with E-state index in [-0.39, 0.29) is 34.7 Å². The summed E-state index contributed by atoms with van der Waals surface area (Å²) >= 11 is 0. The first-order chi connectivity index (χ1) is 9.83. The molecule has 0 amide bonds. The van der Waals surface area contributed by atoms with Gasteiger partial charge in [-0.25, -0.2) is 17.5 Å². The Morgan fingerprint density at radius 3 is 2.81 bits per heavy atom. The number of benzene rings is 1. The normalized spacial score (nSPS) is 23.2. The van der Waals surface area contributed by atoms with Crippen LogP contribution in [0.25, 0.3) is 0 Å². The zero-order valence-electron chi connectivity index (χ0n) is 12.2. The Balaban J connectivity index is 2.25. The van der Waals surface area contributed by atoms with Gasteiger partial charge in [-0.2, -0.15) is 0 Å². The summed E-state index contributed by atoms with van der Waals surface area (Å²) in [6, 6.07) is 2.47. The Morgan fingerprint density at radius 2 is 2.19 bits per heavy atom. The van der Waals surface area contributed by atoms with E-state index in [9.17, 15) is 12.8 Å².